The third-order valence-electron chi connectivity index (χ3n) is 2.25. The van der Waals surface area contributed by atoms with Crippen molar-refractivity contribution < 1.29 is 9.84 Å². The van der Waals surface area contributed by atoms with E-state index in [0.717, 1.165) is 0 Å². The SMILES string of the molecule is COc1nc2c(Cl)c(Cl)c(Cl)c(Cl)c2n1CO. The molecule has 0 atom stereocenters. The number of halogens is 4. The van der Waals surface area contributed by atoms with Gasteiger partial charge in [0.25, 0.3) is 6.01 Å². The van der Waals surface area contributed by atoms with Gasteiger partial charge >= 0.3 is 0 Å². The molecule has 1 aromatic carbocycles. The molecule has 0 spiro atoms. The standard InChI is InChI=1S/C9H6Cl4N2O2/c1-17-9-14-7-5(12)3(10)4(11)6(13)8(7)15(9)2-16/h16H,2H2,1H3. The van der Waals surface area contributed by atoms with Crippen molar-refractivity contribution in [1.29, 1.82) is 0 Å². The molecule has 1 aromatic heterocycles. The van der Waals surface area contributed by atoms with Crippen molar-refractivity contribution in [2.45, 2.75) is 6.73 Å². The summed E-state index contributed by atoms with van der Waals surface area (Å²) in [6, 6.07) is 0.171. The topological polar surface area (TPSA) is 47.3 Å². The number of methoxy groups -OCH3 is 1. The number of rotatable bonds is 2. The molecule has 1 heterocycles. The lowest BCUT2D eigenvalue weighted by Gasteiger charge is -2.07. The molecule has 0 aliphatic heterocycles. The lowest BCUT2D eigenvalue weighted by Crippen LogP contribution is -2.00. The monoisotopic (exact) mass is 314 g/mol. The van der Waals surface area contributed by atoms with Gasteiger partial charge < -0.3 is 9.84 Å². The van der Waals surface area contributed by atoms with E-state index >= 15 is 0 Å². The van der Waals surface area contributed by atoms with E-state index < -0.39 is 0 Å². The fourth-order valence-corrected chi connectivity index (χ4v) is 2.47. The molecule has 0 amide bonds. The number of ether oxygens (including phenoxy) is 1. The van der Waals surface area contributed by atoms with Gasteiger partial charge in [-0.1, -0.05) is 46.4 Å². The molecule has 0 radical (unpaired) electrons. The smallest absolute Gasteiger partial charge is 0.299 e. The second-order valence-electron chi connectivity index (χ2n) is 3.12. The molecule has 0 saturated carbocycles. The number of hydrogen-bond acceptors (Lipinski definition) is 3. The van der Waals surface area contributed by atoms with Crippen LogP contribution in [-0.2, 0) is 6.73 Å². The van der Waals surface area contributed by atoms with Crippen molar-refractivity contribution in [3.05, 3.63) is 20.1 Å². The Morgan fingerprint density at radius 1 is 1.12 bits per heavy atom. The molecule has 17 heavy (non-hydrogen) atoms. The van der Waals surface area contributed by atoms with Crippen LogP contribution in [0.5, 0.6) is 6.01 Å². The molecule has 2 rings (SSSR count). The van der Waals surface area contributed by atoms with Crippen molar-refractivity contribution in [3.8, 4) is 6.01 Å². The average molecular weight is 316 g/mol. The van der Waals surface area contributed by atoms with Crippen molar-refractivity contribution >= 4 is 57.4 Å². The van der Waals surface area contributed by atoms with Crippen LogP contribution >= 0.6 is 46.4 Å². The summed E-state index contributed by atoms with van der Waals surface area (Å²) in [6.45, 7) is -0.367. The van der Waals surface area contributed by atoms with E-state index in [2.05, 4.69) is 4.98 Å². The first-order valence-electron chi connectivity index (χ1n) is 4.40. The summed E-state index contributed by atoms with van der Waals surface area (Å²) in [5, 5.41) is 9.85. The first-order chi connectivity index (χ1) is 8.02. The van der Waals surface area contributed by atoms with E-state index in [1.54, 1.807) is 0 Å². The first kappa shape index (κ1) is 13.1. The summed E-state index contributed by atoms with van der Waals surface area (Å²) in [6.07, 6.45) is 0. The maximum absolute atomic E-state index is 9.28. The first-order valence-corrected chi connectivity index (χ1v) is 5.91. The second kappa shape index (κ2) is 4.71. The lowest BCUT2D eigenvalue weighted by atomic mass is 10.3. The fraction of sp³-hybridized carbons (Fsp3) is 0.222. The van der Waals surface area contributed by atoms with Gasteiger partial charge in [0.15, 0.2) is 0 Å². The van der Waals surface area contributed by atoms with E-state index in [4.69, 9.17) is 51.1 Å². The molecule has 2 aromatic rings. The van der Waals surface area contributed by atoms with Crippen molar-refractivity contribution in [3.63, 3.8) is 0 Å². The maximum atomic E-state index is 9.28. The van der Waals surface area contributed by atoms with E-state index in [9.17, 15) is 5.11 Å². The molecule has 0 aliphatic carbocycles. The summed E-state index contributed by atoms with van der Waals surface area (Å²) in [5.41, 5.74) is 0.711. The maximum Gasteiger partial charge on any atom is 0.299 e. The Kier molecular flexibility index (Phi) is 3.61. The highest BCUT2D eigenvalue weighted by molar-refractivity contribution is 6.55. The highest BCUT2D eigenvalue weighted by atomic mass is 35.5. The predicted molar refractivity (Wildman–Crippen MR) is 68.5 cm³/mol. The van der Waals surface area contributed by atoms with Gasteiger partial charge in [0.05, 0.1) is 32.7 Å². The molecule has 0 bridgehead atoms. The Morgan fingerprint density at radius 3 is 2.24 bits per heavy atom. The molecule has 0 aliphatic rings. The Labute approximate surface area is 117 Å². The molecule has 1 N–H and O–H groups in total. The van der Waals surface area contributed by atoms with Crippen LogP contribution in [0.1, 0.15) is 0 Å². The Hall–Kier alpha value is -0.390. The van der Waals surface area contributed by atoms with Crippen LogP contribution in [0.2, 0.25) is 20.1 Å². The van der Waals surface area contributed by atoms with Crippen LogP contribution in [0.15, 0.2) is 0 Å². The summed E-state index contributed by atoms with van der Waals surface area (Å²) < 4.78 is 6.34. The molecule has 92 valence electrons. The summed E-state index contributed by atoms with van der Waals surface area (Å²) in [4.78, 5) is 4.09. The number of aromatic nitrogens is 2. The third kappa shape index (κ3) is 1.84. The molecular formula is C9H6Cl4N2O2. The lowest BCUT2D eigenvalue weighted by molar-refractivity contribution is 0.197. The van der Waals surface area contributed by atoms with Gasteiger partial charge in [-0.05, 0) is 0 Å². The number of benzene rings is 1. The molecule has 4 nitrogen and oxygen atoms in total. The van der Waals surface area contributed by atoms with Gasteiger partial charge in [-0.25, -0.2) is 0 Å². The minimum Gasteiger partial charge on any atom is -0.468 e. The second-order valence-corrected chi connectivity index (χ2v) is 4.63. The normalized spacial score (nSPS) is 11.2. The van der Waals surface area contributed by atoms with Crippen molar-refractivity contribution in [2.75, 3.05) is 7.11 Å². The Balaban J connectivity index is 2.98. The highest BCUT2D eigenvalue weighted by Crippen LogP contribution is 2.43. The minimum atomic E-state index is -0.367. The van der Waals surface area contributed by atoms with Gasteiger partial charge in [-0.2, -0.15) is 4.98 Å². The van der Waals surface area contributed by atoms with Gasteiger partial charge in [0.2, 0.25) is 0 Å². The number of imidazole rings is 1. The van der Waals surface area contributed by atoms with Gasteiger partial charge in [-0.15, -0.1) is 0 Å². The van der Waals surface area contributed by atoms with Crippen LogP contribution < -0.4 is 4.74 Å². The van der Waals surface area contributed by atoms with Crippen LogP contribution in [0.25, 0.3) is 11.0 Å². The van der Waals surface area contributed by atoms with E-state index in [0.29, 0.717) is 11.0 Å². The largest absolute Gasteiger partial charge is 0.468 e. The van der Waals surface area contributed by atoms with E-state index in [-0.39, 0.29) is 32.8 Å². The van der Waals surface area contributed by atoms with Crippen LogP contribution in [0.3, 0.4) is 0 Å². The Bertz CT molecular complexity index is 597. The Morgan fingerprint density at radius 2 is 1.71 bits per heavy atom. The zero-order valence-electron chi connectivity index (χ0n) is 8.47. The van der Waals surface area contributed by atoms with Crippen LogP contribution in [0, 0.1) is 0 Å². The number of hydrogen-bond donors (Lipinski definition) is 1. The van der Waals surface area contributed by atoms with Gasteiger partial charge in [0, 0.05) is 0 Å². The van der Waals surface area contributed by atoms with E-state index in [1.165, 1.54) is 11.7 Å². The summed E-state index contributed by atoms with van der Waals surface area (Å²) in [5.74, 6) is 0. The van der Waals surface area contributed by atoms with Gasteiger partial charge in [0.1, 0.15) is 12.2 Å². The van der Waals surface area contributed by atoms with Crippen molar-refractivity contribution in [1.82, 2.24) is 9.55 Å². The third-order valence-corrected chi connectivity index (χ3v) is 4.03. The van der Waals surface area contributed by atoms with E-state index in [1.807, 2.05) is 0 Å². The molecule has 8 heteroatoms. The summed E-state index contributed by atoms with van der Waals surface area (Å²) in [7, 11) is 1.42. The highest BCUT2D eigenvalue weighted by Gasteiger charge is 2.22. The molecule has 0 unspecified atom stereocenters. The zero-order chi connectivity index (χ0) is 12.7. The molecular weight excluding hydrogens is 310 g/mol. The molecule has 0 saturated heterocycles. The van der Waals surface area contributed by atoms with Crippen molar-refractivity contribution in [2.24, 2.45) is 0 Å². The predicted octanol–water partition coefficient (Wildman–Crippen LogP) is 3.61. The van der Waals surface area contributed by atoms with Crippen LogP contribution in [0.4, 0.5) is 0 Å². The molecule has 0 fully saturated rings. The summed E-state index contributed by atoms with van der Waals surface area (Å²) >= 11 is 23.9. The quantitative estimate of drug-likeness (QED) is 0.680. The van der Waals surface area contributed by atoms with Crippen LogP contribution in [-0.4, -0.2) is 21.8 Å². The average Bonchev–Trinajstić information content (AvgIpc) is 2.72. The van der Waals surface area contributed by atoms with Gasteiger partial charge in [-0.3, -0.25) is 4.57 Å². The fourth-order valence-electron chi connectivity index (χ4n) is 1.50. The minimum absolute atomic E-state index is 0.114. The zero-order valence-corrected chi connectivity index (χ0v) is 11.5. The number of aliphatic hydroxyl groups is 1. The number of aliphatic hydroxyl groups excluding tert-OH is 1. The number of fused-ring (bicyclic) bond motifs is 1. The number of nitrogens with zero attached hydrogens (tertiary/aromatic N) is 2.